The van der Waals surface area contributed by atoms with Crippen molar-refractivity contribution in [2.24, 2.45) is 5.73 Å². The molecule has 1 atom stereocenters. The normalized spacial score (nSPS) is 11.7. The van der Waals surface area contributed by atoms with Crippen LogP contribution in [0.2, 0.25) is 0 Å². The second-order valence-corrected chi connectivity index (χ2v) is 12.4. The Morgan fingerprint density at radius 3 is 1.81 bits per heavy atom. The van der Waals surface area contributed by atoms with Crippen LogP contribution in [0.5, 0.6) is 17.2 Å². The van der Waals surface area contributed by atoms with Crippen molar-refractivity contribution in [2.75, 3.05) is 27.1 Å². The van der Waals surface area contributed by atoms with E-state index >= 15 is 0 Å². The average Bonchev–Trinajstić information content (AvgIpc) is 3.02. The lowest BCUT2D eigenvalue weighted by Gasteiger charge is -2.16. The van der Waals surface area contributed by atoms with Gasteiger partial charge in [-0.1, -0.05) is 114 Å². The Morgan fingerprint density at radius 1 is 0.721 bits per heavy atom. The number of thioether (sulfide) groups is 1. The van der Waals surface area contributed by atoms with Crippen molar-refractivity contribution in [3.8, 4) is 17.2 Å². The first-order valence-corrected chi connectivity index (χ1v) is 17.4. The predicted octanol–water partition coefficient (Wildman–Crippen LogP) is 8.75. The third kappa shape index (κ3) is 13.8. The van der Waals surface area contributed by atoms with E-state index in [9.17, 15) is 9.59 Å². The van der Waals surface area contributed by atoms with Gasteiger partial charge in [-0.2, -0.15) is 11.8 Å². The maximum Gasteiger partial charge on any atom is 0.203 e. The zero-order valence-corrected chi connectivity index (χ0v) is 27.9. The number of nitrogens with two attached hydrogens (primary N) is 1. The standard InChI is InChI=1S/C36H55NO5S/c1-5-6-7-8-9-10-11-12-13-14-15-16-17-18-32(38)29-21-19-28(20-22-29)26-43-27-31(37)33(39)25-30-23-24-34(40-2)36(42-4)35(30)41-3/h19-24,31H,5-18,25-27,37H2,1-4H3/t31-/m0/s1. The Kier molecular flexibility index (Phi) is 18.8. The van der Waals surface area contributed by atoms with Gasteiger partial charge in [0.2, 0.25) is 5.75 Å². The summed E-state index contributed by atoms with van der Waals surface area (Å²) in [5, 5.41) is 0. The summed E-state index contributed by atoms with van der Waals surface area (Å²) in [4.78, 5) is 25.5. The minimum absolute atomic E-state index is 0.0628. The second kappa shape index (κ2) is 22.1. The quantitative estimate of drug-likeness (QED) is 0.0885. The van der Waals surface area contributed by atoms with Crippen molar-refractivity contribution in [3.05, 3.63) is 53.1 Å². The van der Waals surface area contributed by atoms with Gasteiger partial charge < -0.3 is 19.9 Å². The lowest BCUT2D eigenvalue weighted by Crippen LogP contribution is -2.34. The van der Waals surface area contributed by atoms with Crippen molar-refractivity contribution in [1.29, 1.82) is 0 Å². The molecule has 0 saturated carbocycles. The third-order valence-electron chi connectivity index (χ3n) is 7.91. The summed E-state index contributed by atoms with van der Waals surface area (Å²) in [6.45, 7) is 2.27. The molecule has 0 aromatic heterocycles. The van der Waals surface area contributed by atoms with E-state index in [-0.39, 0.29) is 18.0 Å². The number of ketones is 2. The Labute approximate surface area is 264 Å². The number of unbranched alkanes of at least 4 members (excludes halogenated alkanes) is 12. The Bertz CT molecular complexity index is 1070. The molecule has 6 nitrogen and oxygen atoms in total. The lowest BCUT2D eigenvalue weighted by molar-refractivity contribution is -0.119. The number of ether oxygens (including phenoxy) is 3. The molecule has 0 fully saturated rings. The Balaban J connectivity index is 1.62. The van der Waals surface area contributed by atoms with E-state index in [1.165, 1.54) is 77.7 Å². The van der Waals surface area contributed by atoms with Crippen LogP contribution in [0.3, 0.4) is 0 Å². The van der Waals surface area contributed by atoms with Crippen LogP contribution in [0.1, 0.15) is 118 Å². The van der Waals surface area contributed by atoms with Crippen LogP contribution in [0.25, 0.3) is 0 Å². The largest absolute Gasteiger partial charge is 0.493 e. The first-order chi connectivity index (χ1) is 20.9. The molecule has 0 bridgehead atoms. The van der Waals surface area contributed by atoms with Gasteiger partial charge in [0.15, 0.2) is 23.1 Å². The molecular formula is C36H55NO5S. The molecule has 0 saturated heterocycles. The van der Waals surface area contributed by atoms with E-state index in [0.717, 1.165) is 29.7 Å². The first kappa shape index (κ1) is 36.7. The van der Waals surface area contributed by atoms with E-state index in [2.05, 4.69) is 6.92 Å². The summed E-state index contributed by atoms with van der Waals surface area (Å²) >= 11 is 1.62. The molecule has 0 heterocycles. The minimum atomic E-state index is -0.594. The second-order valence-electron chi connectivity index (χ2n) is 11.4. The molecule has 0 aliphatic heterocycles. The van der Waals surface area contributed by atoms with Crippen LogP contribution in [-0.2, 0) is 17.0 Å². The highest BCUT2D eigenvalue weighted by Gasteiger charge is 2.21. The zero-order chi connectivity index (χ0) is 31.3. The molecule has 2 aromatic carbocycles. The summed E-state index contributed by atoms with van der Waals surface area (Å²) in [6, 6.07) is 10.8. The van der Waals surface area contributed by atoms with Gasteiger partial charge in [-0.15, -0.1) is 0 Å². The fraction of sp³-hybridized carbons (Fsp3) is 0.611. The summed E-state index contributed by atoms with van der Waals surface area (Å²) in [5.74, 6) is 2.89. The molecule has 0 amide bonds. The topological polar surface area (TPSA) is 87.9 Å². The van der Waals surface area contributed by atoms with Crippen molar-refractivity contribution in [1.82, 2.24) is 0 Å². The Morgan fingerprint density at radius 2 is 1.28 bits per heavy atom. The van der Waals surface area contributed by atoms with Crippen molar-refractivity contribution >= 4 is 23.3 Å². The molecule has 2 rings (SSSR count). The summed E-state index contributed by atoms with van der Waals surface area (Å²) < 4.78 is 16.2. The van der Waals surface area contributed by atoms with Gasteiger partial charge in [-0.05, 0) is 18.1 Å². The van der Waals surface area contributed by atoms with E-state index in [0.29, 0.717) is 35.0 Å². The highest BCUT2D eigenvalue weighted by molar-refractivity contribution is 7.98. The van der Waals surface area contributed by atoms with Crippen molar-refractivity contribution in [3.63, 3.8) is 0 Å². The van der Waals surface area contributed by atoms with E-state index in [1.807, 2.05) is 24.3 Å². The van der Waals surface area contributed by atoms with Crippen LogP contribution in [0.4, 0.5) is 0 Å². The molecule has 7 heteroatoms. The van der Waals surface area contributed by atoms with Crippen molar-refractivity contribution < 1.29 is 23.8 Å². The van der Waals surface area contributed by atoms with Gasteiger partial charge in [0.25, 0.3) is 0 Å². The highest BCUT2D eigenvalue weighted by Crippen LogP contribution is 2.40. The number of carbonyl (C=O) groups excluding carboxylic acids is 2. The molecule has 0 aliphatic rings. The number of hydrogen-bond donors (Lipinski definition) is 1. The maximum atomic E-state index is 12.8. The number of benzene rings is 2. The van der Waals surface area contributed by atoms with Crippen LogP contribution in [-0.4, -0.2) is 44.7 Å². The molecule has 0 radical (unpaired) electrons. The van der Waals surface area contributed by atoms with Gasteiger partial charge in [0.05, 0.1) is 27.4 Å². The molecule has 2 N–H and O–H groups in total. The third-order valence-corrected chi connectivity index (χ3v) is 9.05. The first-order valence-electron chi connectivity index (χ1n) is 16.2. The van der Waals surface area contributed by atoms with Crippen LogP contribution in [0.15, 0.2) is 36.4 Å². The van der Waals surface area contributed by atoms with Crippen LogP contribution >= 0.6 is 11.8 Å². The fourth-order valence-corrected chi connectivity index (χ4v) is 6.24. The predicted molar refractivity (Wildman–Crippen MR) is 180 cm³/mol. The number of hydrogen-bond acceptors (Lipinski definition) is 7. The van der Waals surface area contributed by atoms with Gasteiger partial charge in [0, 0.05) is 35.5 Å². The fourth-order valence-electron chi connectivity index (χ4n) is 5.25. The average molecular weight is 614 g/mol. The highest BCUT2D eigenvalue weighted by atomic mass is 32.2. The number of Topliss-reactive ketones (excluding diaryl/α,β-unsaturated/α-hetero) is 2. The van der Waals surface area contributed by atoms with Gasteiger partial charge in [0.1, 0.15) is 0 Å². The molecular weight excluding hydrogens is 558 g/mol. The molecule has 43 heavy (non-hydrogen) atoms. The smallest absolute Gasteiger partial charge is 0.203 e. The van der Waals surface area contributed by atoms with E-state index in [1.54, 1.807) is 38.1 Å². The number of methoxy groups -OCH3 is 3. The number of carbonyl (C=O) groups is 2. The molecule has 0 aliphatic carbocycles. The van der Waals surface area contributed by atoms with E-state index < -0.39 is 6.04 Å². The van der Waals surface area contributed by atoms with Crippen LogP contribution in [0, 0.1) is 0 Å². The Hall–Kier alpha value is -2.51. The van der Waals surface area contributed by atoms with Crippen LogP contribution < -0.4 is 19.9 Å². The van der Waals surface area contributed by atoms with Gasteiger partial charge in [-0.25, -0.2) is 0 Å². The monoisotopic (exact) mass is 613 g/mol. The minimum Gasteiger partial charge on any atom is -0.493 e. The van der Waals surface area contributed by atoms with E-state index in [4.69, 9.17) is 19.9 Å². The molecule has 240 valence electrons. The molecule has 2 aromatic rings. The molecule has 0 spiro atoms. The lowest BCUT2D eigenvalue weighted by atomic mass is 10.0. The van der Waals surface area contributed by atoms with Gasteiger partial charge in [-0.3, -0.25) is 9.59 Å². The summed E-state index contributed by atoms with van der Waals surface area (Å²) in [5.41, 5.74) is 8.83. The SMILES string of the molecule is CCCCCCCCCCCCCCCC(=O)c1ccc(CSC[C@H](N)C(=O)Cc2ccc(OC)c(OC)c2OC)cc1. The van der Waals surface area contributed by atoms with Crippen molar-refractivity contribution in [2.45, 2.75) is 115 Å². The summed E-state index contributed by atoms with van der Waals surface area (Å²) in [7, 11) is 4.64. The molecule has 0 unspecified atom stereocenters. The zero-order valence-electron chi connectivity index (χ0n) is 27.1. The summed E-state index contributed by atoms with van der Waals surface area (Å²) in [6.07, 6.45) is 17.7. The maximum absolute atomic E-state index is 12.8. The number of rotatable bonds is 25. The van der Waals surface area contributed by atoms with Gasteiger partial charge >= 0.3 is 0 Å².